The van der Waals surface area contributed by atoms with Crippen LogP contribution in [0.3, 0.4) is 0 Å². The number of rotatable bonds is 3. The molecule has 1 aromatic heterocycles. The maximum Gasteiger partial charge on any atom is 0.0346 e. The van der Waals surface area contributed by atoms with E-state index in [0.29, 0.717) is 12.0 Å². The Hall–Kier alpha value is -0.900. The fourth-order valence-corrected chi connectivity index (χ4v) is 4.01. The summed E-state index contributed by atoms with van der Waals surface area (Å²) in [6.45, 7) is 5.59. The number of piperidine rings is 1. The summed E-state index contributed by atoms with van der Waals surface area (Å²) in [5, 5.41) is 3.75. The molecule has 19 heavy (non-hydrogen) atoms. The van der Waals surface area contributed by atoms with Gasteiger partial charge in [-0.1, -0.05) is 18.2 Å². The third-order valence-electron chi connectivity index (χ3n) is 4.24. The lowest BCUT2D eigenvalue weighted by molar-refractivity contribution is 0.155. The van der Waals surface area contributed by atoms with E-state index in [-0.39, 0.29) is 0 Å². The minimum atomic E-state index is 0.321. The van der Waals surface area contributed by atoms with E-state index in [1.807, 2.05) is 11.3 Å². The molecule has 0 radical (unpaired) electrons. The van der Waals surface area contributed by atoms with Gasteiger partial charge in [-0.15, -0.1) is 11.3 Å². The number of nitrogens with zero attached hydrogens (tertiary/aromatic N) is 1. The van der Waals surface area contributed by atoms with Crippen LogP contribution in [0.1, 0.15) is 25.3 Å². The van der Waals surface area contributed by atoms with Gasteiger partial charge in [0.2, 0.25) is 0 Å². The molecule has 1 aliphatic heterocycles. The van der Waals surface area contributed by atoms with Gasteiger partial charge in [0.05, 0.1) is 0 Å². The van der Waals surface area contributed by atoms with Crippen LogP contribution in [0, 0.1) is 5.92 Å². The predicted octanol–water partition coefficient (Wildman–Crippen LogP) is 3.46. The number of benzene rings is 1. The molecule has 2 aromatic rings. The third-order valence-corrected chi connectivity index (χ3v) is 5.25. The molecule has 0 unspecified atom stereocenters. The summed E-state index contributed by atoms with van der Waals surface area (Å²) in [7, 11) is 0. The van der Waals surface area contributed by atoms with E-state index < -0.39 is 0 Å². The van der Waals surface area contributed by atoms with Crippen molar-refractivity contribution in [3.63, 3.8) is 0 Å². The lowest BCUT2D eigenvalue weighted by atomic mass is 9.92. The Morgan fingerprint density at radius 1 is 1.42 bits per heavy atom. The molecule has 0 aliphatic carbocycles. The number of hydrogen-bond donors (Lipinski definition) is 1. The van der Waals surface area contributed by atoms with Gasteiger partial charge in [0.25, 0.3) is 0 Å². The molecule has 2 atom stereocenters. The highest BCUT2D eigenvalue weighted by molar-refractivity contribution is 7.17. The summed E-state index contributed by atoms with van der Waals surface area (Å²) in [4.78, 5) is 2.58. The van der Waals surface area contributed by atoms with E-state index >= 15 is 0 Å². The smallest absolute Gasteiger partial charge is 0.0346 e. The van der Waals surface area contributed by atoms with Gasteiger partial charge in [-0.25, -0.2) is 0 Å². The fourth-order valence-electron chi connectivity index (χ4n) is 3.06. The first-order valence-electron chi connectivity index (χ1n) is 7.17. The second-order valence-corrected chi connectivity index (χ2v) is 6.66. The Bertz CT molecular complexity index is 546. The van der Waals surface area contributed by atoms with Crippen LogP contribution in [-0.2, 0) is 6.54 Å². The number of thiophene rings is 1. The summed E-state index contributed by atoms with van der Waals surface area (Å²) < 4.78 is 1.40. The average molecular weight is 274 g/mol. The zero-order valence-electron chi connectivity index (χ0n) is 11.5. The molecular weight excluding hydrogens is 252 g/mol. The normalized spacial score (nSPS) is 22.7. The summed E-state index contributed by atoms with van der Waals surface area (Å²) in [5.41, 5.74) is 7.55. The van der Waals surface area contributed by atoms with Gasteiger partial charge in [-0.2, -0.15) is 0 Å². The molecule has 3 rings (SSSR count). The molecule has 1 saturated heterocycles. The monoisotopic (exact) mass is 274 g/mol. The highest BCUT2D eigenvalue weighted by Gasteiger charge is 2.23. The Morgan fingerprint density at radius 2 is 2.26 bits per heavy atom. The zero-order chi connectivity index (χ0) is 13.2. The van der Waals surface area contributed by atoms with Gasteiger partial charge in [0, 0.05) is 23.8 Å². The van der Waals surface area contributed by atoms with Crippen LogP contribution in [0.25, 0.3) is 10.1 Å². The van der Waals surface area contributed by atoms with Crippen molar-refractivity contribution in [2.24, 2.45) is 11.7 Å². The number of hydrogen-bond acceptors (Lipinski definition) is 3. The van der Waals surface area contributed by atoms with Crippen LogP contribution < -0.4 is 5.73 Å². The van der Waals surface area contributed by atoms with E-state index in [4.69, 9.17) is 5.73 Å². The number of fused-ring (bicyclic) bond motifs is 1. The fraction of sp³-hybridized carbons (Fsp3) is 0.500. The van der Waals surface area contributed by atoms with E-state index in [0.717, 1.165) is 13.1 Å². The van der Waals surface area contributed by atoms with Crippen LogP contribution in [0.4, 0.5) is 0 Å². The topological polar surface area (TPSA) is 29.3 Å². The molecular formula is C16H22N2S. The van der Waals surface area contributed by atoms with E-state index in [1.54, 1.807) is 0 Å². The van der Waals surface area contributed by atoms with Crippen molar-refractivity contribution in [2.75, 3.05) is 13.1 Å². The molecule has 3 heteroatoms. The van der Waals surface area contributed by atoms with Crippen molar-refractivity contribution in [2.45, 2.75) is 32.4 Å². The molecule has 0 amide bonds. The van der Waals surface area contributed by atoms with Gasteiger partial charge in [0.15, 0.2) is 0 Å². The summed E-state index contributed by atoms with van der Waals surface area (Å²) in [6, 6.07) is 9.04. The number of nitrogens with two attached hydrogens (primary N) is 1. The molecule has 1 aromatic carbocycles. The Balaban J connectivity index is 1.74. The van der Waals surface area contributed by atoms with Gasteiger partial charge in [-0.05, 0) is 54.6 Å². The predicted molar refractivity (Wildman–Crippen MR) is 83.5 cm³/mol. The molecule has 0 spiro atoms. The lowest BCUT2D eigenvalue weighted by Gasteiger charge is -2.34. The Labute approximate surface area is 119 Å². The SMILES string of the molecule is C[C@H](N)[C@H]1CCCN(Cc2csc3ccccc23)C1. The van der Waals surface area contributed by atoms with E-state index in [9.17, 15) is 0 Å². The molecule has 0 bridgehead atoms. The van der Waals surface area contributed by atoms with Crippen molar-refractivity contribution in [3.8, 4) is 0 Å². The Morgan fingerprint density at radius 3 is 3.11 bits per heavy atom. The van der Waals surface area contributed by atoms with Crippen molar-refractivity contribution in [1.29, 1.82) is 0 Å². The quantitative estimate of drug-likeness (QED) is 0.928. The zero-order valence-corrected chi connectivity index (χ0v) is 12.3. The summed E-state index contributed by atoms with van der Waals surface area (Å²) in [6.07, 6.45) is 2.58. The van der Waals surface area contributed by atoms with Gasteiger partial charge in [0.1, 0.15) is 0 Å². The van der Waals surface area contributed by atoms with Gasteiger partial charge >= 0.3 is 0 Å². The average Bonchev–Trinajstić information content (AvgIpc) is 2.83. The second-order valence-electron chi connectivity index (χ2n) is 5.75. The molecule has 102 valence electrons. The molecule has 0 saturated carbocycles. The molecule has 2 N–H and O–H groups in total. The maximum atomic E-state index is 6.07. The first-order valence-corrected chi connectivity index (χ1v) is 8.05. The summed E-state index contributed by atoms with van der Waals surface area (Å²) >= 11 is 1.86. The number of likely N-dealkylation sites (tertiary alicyclic amines) is 1. The maximum absolute atomic E-state index is 6.07. The molecule has 2 nitrogen and oxygen atoms in total. The lowest BCUT2D eigenvalue weighted by Crippen LogP contribution is -2.41. The van der Waals surface area contributed by atoms with Crippen molar-refractivity contribution in [1.82, 2.24) is 4.90 Å². The van der Waals surface area contributed by atoms with Crippen molar-refractivity contribution < 1.29 is 0 Å². The van der Waals surface area contributed by atoms with Crippen molar-refractivity contribution >= 4 is 21.4 Å². The largest absolute Gasteiger partial charge is 0.328 e. The second kappa shape index (κ2) is 5.61. The van der Waals surface area contributed by atoms with Gasteiger partial charge < -0.3 is 5.73 Å². The molecule has 2 heterocycles. The Kier molecular flexibility index (Phi) is 3.87. The van der Waals surface area contributed by atoms with E-state index in [1.165, 1.54) is 35.0 Å². The van der Waals surface area contributed by atoms with Crippen LogP contribution in [0.2, 0.25) is 0 Å². The highest BCUT2D eigenvalue weighted by atomic mass is 32.1. The summed E-state index contributed by atoms with van der Waals surface area (Å²) in [5.74, 6) is 0.665. The van der Waals surface area contributed by atoms with Gasteiger partial charge in [-0.3, -0.25) is 4.90 Å². The minimum absolute atomic E-state index is 0.321. The molecule has 1 aliphatic rings. The standard InChI is InChI=1S/C16H22N2S/c1-12(17)13-5-4-8-18(9-13)10-14-11-19-16-7-3-2-6-15(14)16/h2-3,6-7,11-13H,4-5,8-10,17H2,1H3/t12-,13-/m0/s1. The van der Waals surface area contributed by atoms with Crippen LogP contribution in [0.15, 0.2) is 29.6 Å². The third kappa shape index (κ3) is 2.83. The van der Waals surface area contributed by atoms with Crippen LogP contribution in [-0.4, -0.2) is 24.0 Å². The molecule has 1 fully saturated rings. The van der Waals surface area contributed by atoms with Crippen LogP contribution >= 0.6 is 11.3 Å². The van der Waals surface area contributed by atoms with Crippen LogP contribution in [0.5, 0.6) is 0 Å². The van der Waals surface area contributed by atoms with E-state index in [2.05, 4.69) is 41.5 Å². The van der Waals surface area contributed by atoms with Crippen molar-refractivity contribution in [3.05, 3.63) is 35.2 Å². The minimum Gasteiger partial charge on any atom is -0.328 e. The first-order chi connectivity index (χ1) is 9.24. The first kappa shape index (κ1) is 13.1. The highest BCUT2D eigenvalue weighted by Crippen LogP contribution is 2.28.